The standard InChI is InChI=1S/C33H52.C4H11P.C2H6/c1-9-11-12-15-27-21-25(4)31(29-20-24(3)16-17-30(29)32(6,7)8)28(23-27)22-26(5)33(10-2)18-13-14-19-33;1-4(2,3)5;1-2/h20-21,23,29-30H,5,9-19,22H2,1-4,6-8H3;5H2,1-3H3;1-2H3. The first-order valence-electron chi connectivity index (χ1n) is 16.9. The van der Waals surface area contributed by atoms with Crippen LogP contribution >= 0.6 is 9.24 Å². The van der Waals surface area contributed by atoms with E-state index in [-0.39, 0.29) is 0 Å². The molecule has 1 aromatic rings. The Morgan fingerprint density at radius 3 is 2.05 bits per heavy atom. The number of rotatable bonds is 9. The van der Waals surface area contributed by atoms with Gasteiger partial charge in [-0.3, -0.25) is 0 Å². The van der Waals surface area contributed by atoms with Crippen LogP contribution in [0.25, 0.3) is 0 Å². The average molecular weight is 569 g/mol. The summed E-state index contributed by atoms with van der Waals surface area (Å²) in [6.45, 7) is 32.0. The van der Waals surface area contributed by atoms with Crippen LogP contribution in [0.3, 0.4) is 0 Å². The van der Waals surface area contributed by atoms with Crippen molar-refractivity contribution in [2.75, 3.05) is 0 Å². The summed E-state index contributed by atoms with van der Waals surface area (Å²) in [6, 6.07) is 5.12. The van der Waals surface area contributed by atoms with Gasteiger partial charge in [0.25, 0.3) is 0 Å². The molecule has 3 rings (SSSR count). The third-order valence-electron chi connectivity index (χ3n) is 9.19. The van der Waals surface area contributed by atoms with Crippen molar-refractivity contribution in [2.24, 2.45) is 16.7 Å². The number of unbranched alkanes of at least 4 members (excludes halogenated alkanes) is 2. The molecule has 0 N–H and O–H groups in total. The predicted octanol–water partition coefficient (Wildman–Crippen LogP) is 13.0. The largest absolute Gasteiger partial charge is 0.132 e. The first-order chi connectivity index (χ1) is 18.6. The van der Waals surface area contributed by atoms with Crippen LogP contribution in [-0.2, 0) is 12.8 Å². The summed E-state index contributed by atoms with van der Waals surface area (Å²) in [6.07, 6.45) is 18.1. The van der Waals surface area contributed by atoms with Crippen molar-refractivity contribution in [1.29, 1.82) is 0 Å². The third-order valence-corrected chi connectivity index (χ3v) is 9.19. The summed E-state index contributed by atoms with van der Waals surface area (Å²) in [5.74, 6) is 1.23. The third kappa shape index (κ3) is 11.4. The monoisotopic (exact) mass is 569 g/mol. The van der Waals surface area contributed by atoms with E-state index in [1.54, 1.807) is 22.3 Å². The molecule has 1 saturated carbocycles. The number of hydrogen-bond donors (Lipinski definition) is 0. The van der Waals surface area contributed by atoms with Gasteiger partial charge in [0, 0.05) is 5.92 Å². The van der Waals surface area contributed by atoms with Crippen molar-refractivity contribution >= 4 is 9.24 Å². The molecule has 0 nitrogen and oxygen atoms in total. The van der Waals surface area contributed by atoms with Crippen molar-refractivity contribution < 1.29 is 0 Å². The van der Waals surface area contributed by atoms with E-state index in [2.05, 4.69) is 96.7 Å². The van der Waals surface area contributed by atoms with Crippen molar-refractivity contribution in [2.45, 2.75) is 171 Å². The van der Waals surface area contributed by atoms with Crippen molar-refractivity contribution in [3.05, 3.63) is 58.2 Å². The van der Waals surface area contributed by atoms with Gasteiger partial charge in [-0.2, -0.15) is 0 Å². The van der Waals surface area contributed by atoms with Gasteiger partial charge in [0.1, 0.15) is 0 Å². The quantitative estimate of drug-likeness (QED) is 0.158. The molecule has 0 saturated heterocycles. The number of hydrogen-bond acceptors (Lipinski definition) is 0. The summed E-state index contributed by atoms with van der Waals surface area (Å²) in [5, 5.41) is 0.417. The number of aryl methyl sites for hydroxylation is 2. The van der Waals surface area contributed by atoms with Crippen LogP contribution in [0.15, 0.2) is 35.9 Å². The van der Waals surface area contributed by atoms with Gasteiger partial charge in [0.15, 0.2) is 0 Å². The molecular formula is C39H69P. The Labute approximate surface area is 254 Å². The van der Waals surface area contributed by atoms with Gasteiger partial charge >= 0.3 is 0 Å². The van der Waals surface area contributed by atoms with Crippen LogP contribution in [0.4, 0.5) is 0 Å². The molecule has 0 aliphatic heterocycles. The van der Waals surface area contributed by atoms with Gasteiger partial charge < -0.3 is 0 Å². The lowest BCUT2D eigenvalue weighted by molar-refractivity contribution is 0.197. The smallest absolute Gasteiger partial charge is 0.00594 e. The number of allylic oxidation sites excluding steroid dienone is 3. The van der Waals surface area contributed by atoms with Crippen molar-refractivity contribution in [1.82, 2.24) is 0 Å². The Balaban J connectivity index is 0.00000103. The molecule has 0 aromatic heterocycles. The Hall–Kier alpha value is -0.870. The van der Waals surface area contributed by atoms with E-state index in [0.29, 0.717) is 27.8 Å². The lowest BCUT2D eigenvalue weighted by Gasteiger charge is -2.41. The highest BCUT2D eigenvalue weighted by atomic mass is 31.0. The minimum absolute atomic E-state index is 0.318. The zero-order chi connectivity index (χ0) is 30.7. The van der Waals surface area contributed by atoms with E-state index < -0.39 is 0 Å². The lowest BCUT2D eigenvalue weighted by atomic mass is 9.63. The molecule has 0 radical (unpaired) electrons. The second-order valence-corrected chi connectivity index (χ2v) is 16.7. The predicted molar refractivity (Wildman–Crippen MR) is 188 cm³/mol. The molecule has 2 aliphatic carbocycles. The molecule has 3 unspecified atom stereocenters. The van der Waals surface area contributed by atoms with Crippen LogP contribution in [-0.4, -0.2) is 5.16 Å². The van der Waals surface area contributed by atoms with Gasteiger partial charge in [0.05, 0.1) is 0 Å². The Morgan fingerprint density at radius 1 is 0.975 bits per heavy atom. The molecule has 0 bridgehead atoms. The van der Waals surface area contributed by atoms with Crippen LogP contribution < -0.4 is 0 Å². The van der Waals surface area contributed by atoms with Gasteiger partial charge in [-0.25, -0.2) is 0 Å². The molecule has 0 amide bonds. The van der Waals surface area contributed by atoms with Crippen LogP contribution in [0.2, 0.25) is 0 Å². The molecule has 2 aliphatic rings. The van der Waals surface area contributed by atoms with Crippen molar-refractivity contribution in [3.63, 3.8) is 0 Å². The minimum atomic E-state index is 0.318. The van der Waals surface area contributed by atoms with E-state index >= 15 is 0 Å². The van der Waals surface area contributed by atoms with Gasteiger partial charge in [-0.05, 0) is 109 Å². The van der Waals surface area contributed by atoms with Gasteiger partial charge in [-0.15, -0.1) is 9.24 Å². The van der Waals surface area contributed by atoms with E-state index in [1.165, 1.54) is 81.8 Å². The molecular weight excluding hydrogens is 499 g/mol. The first-order valence-corrected chi connectivity index (χ1v) is 17.5. The fourth-order valence-corrected chi connectivity index (χ4v) is 7.05. The molecule has 230 valence electrons. The zero-order valence-electron chi connectivity index (χ0n) is 29.2. The van der Waals surface area contributed by atoms with E-state index in [1.807, 2.05) is 13.8 Å². The van der Waals surface area contributed by atoms with E-state index in [4.69, 9.17) is 6.58 Å². The Kier molecular flexibility index (Phi) is 15.5. The minimum Gasteiger partial charge on any atom is -0.132 e. The molecule has 0 spiro atoms. The first kappa shape index (κ1) is 37.2. The molecule has 1 heteroatoms. The molecule has 1 aromatic carbocycles. The van der Waals surface area contributed by atoms with Crippen LogP contribution in [0.5, 0.6) is 0 Å². The number of benzene rings is 1. The highest BCUT2D eigenvalue weighted by Gasteiger charge is 2.38. The fourth-order valence-electron chi connectivity index (χ4n) is 7.05. The zero-order valence-corrected chi connectivity index (χ0v) is 30.3. The topological polar surface area (TPSA) is 0 Å². The second-order valence-electron chi connectivity index (χ2n) is 15.0. The normalized spacial score (nSPS) is 20.6. The van der Waals surface area contributed by atoms with Crippen LogP contribution in [0, 0.1) is 23.7 Å². The van der Waals surface area contributed by atoms with Gasteiger partial charge in [0.2, 0.25) is 0 Å². The summed E-state index contributed by atoms with van der Waals surface area (Å²) < 4.78 is 0. The maximum atomic E-state index is 4.76. The maximum absolute atomic E-state index is 4.76. The van der Waals surface area contributed by atoms with Crippen LogP contribution in [0.1, 0.15) is 169 Å². The summed E-state index contributed by atoms with van der Waals surface area (Å²) in [5.41, 5.74) is 10.1. The highest BCUT2D eigenvalue weighted by Crippen LogP contribution is 2.50. The second kappa shape index (κ2) is 16.7. The highest BCUT2D eigenvalue weighted by molar-refractivity contribution is 7.18. The summed E-state index contributed by atoms with van der Waals surface area (Å²) in [4.78, 5) is 0. The fraction of sp³-hybridized carbons (Fsp3) is 0.744. The Bertz CT molecular complexity index is 921. The summed E-state index contributed by atoms with van der Waals surface area (Å²) >= 11 is 0. The van der Waals surface area contributed by atoms with Crippen molar-refractivity contribution in [3.8, 4) is 0 Å². The molecule has 0 heterocycles. The molecule has 40 heavy (non-hydrogen) atoms. The van der Waals surface area contributed by atoms with E-state index in [0.717, 1.165) is 6.42 Å². The molecule has 3 atom stereocenters. The molecule has 1 fully saturated rings. The van der Waals surface area contributed by atoms with Gasteiger partial charge in [-0.1, -0.05) is 131 Å². The lowest BCUT2D eigenvalue weighted by Crippen LogP contribution is -2.30. The summed E-state index contributed by atoms with van der Waals surface area (Å²) in [7, 11) is 2.72. The SMILES string of the molecule is C=C(Cc1cc(CCCCC)cc(C)c1C1C=C(C)CCC1C(C)(C)C)C1(CC)CCCC1.CC.CC(C)(C)P. The van der Waals surface area contributed by atoms with E-state index in [9.17, 15) is 0 Å². The Morgan fingerprint density at radius 2 is 1.55 bits per heavy atom. The maximum Gasteiger partial charge on any atom is 0.00594 e. The average Bonchev–Trinajstić information content (AvgIpc) is 3.34.